The maximum Gasteiger partial charge on any atom is 0.123 e. The lowest BCUT2D eigenvalue weighted by Gasteiger charge is -1.97. The molecule has 0 radical (unpaired) electrons. The van der Waals surface area contributed by atoms with Crippen molar-refractivity contribution in [3.63, 3.8) is 0 Å². The molecule has 78 valence electrons. The van der Waals surface area contributed by atoms with Crippen LogP contribution in [0.1, 0.15) is 0 Å². The van der Waals surface area contributed by atoms with Crippen LogP contribution in [0.5, 0.6) is 0 Å². The van der Waals surface area contributed by atoms with E-state index in [1.165, 1.54) is 0 Å². The summed E-state index contributed by atoms with van der Waals surface area (Å²) in [6.07, 6.45) is 5.11. The smallest absolute Gasteiger partial charge is 0.123 e. The molecule has 15 heavy (non-hydrogen) atoms. The zero-order valence-electron chi connectivity index (χ0n) is 8.10. The Bertz CT molecular complexity index is 452. The highest BCUT2D eigenvalue weighted by Crippen LogP contribution is 2.19. The fourth-order valence-electron chi connectivity index (χ4n) is 1.35. The number of hydrogen-bond donors (Lipinski definition) is 1. The third kappa shape index (κ3) is 2.12. The summed E-state index contributed by atoms with van der Waals surface area (Å²) in [4.78, 5) is 3.90. The predicted molar refractivity (Wildman–Crippen MR) is 55.8 cm³/mol. The van der Waals surface area contributed by atoms with E-state index in [-0.39, 0.29) is 6.54 Å². The first kappa shape index (κ1) is 9.64. The molecule has 0 unspecified atom stereocenters. The van der Waals surface area contributed by atoms with Crippen LogP contribution in [0.15, 0.2) is 30.7 Å². The highest BCUT2D eigenvalue weighted by atomic mass is 19.1. The second kappa shape index (κ2) is 4.08. The van der Waals surface area contributed by atoms with Crippen molar-refractivity contribution in [3.05, 3.63) is 30.7 Å². The van der Waals surface area contributed by atoms with Crippen LogP contribution in [-0.4, -0.2) is 21.4 Å². The number of anilines is 1. The lowest BCUT2D eigenvalue weighted by molar-refractivity contribution is 0.427. The third-order valence-corrected chi connectivity index (χ3v) is 2.06. The molecule has 0 amide bonds. The Morgan fingerprint density at radius 2 is 2.27 bits per heavy atom. The molecule has 2 N–H and O–H groups in total. The van der Waals surface area contributed by atoms with Gasteiger partial charge in [0.05, 0.1) is 12.7 Å². The Morgan fingerprint density at radius 1 is 1.40 bits per heavy atom. The van der Waals surface area contributed by atoms with E-state index in [1.54, 1.807) is 29.3 Å². The van der Waals surface area contributed by atoms with Crippen LogP contribution in [0.4, 0.5) is 10.2 Å². The van der Waals surface area contributed by atoms with Crippen molar-refractivity contribution in [2.45, 2.75) is 6.54 Å². The van der Waals surface area contributed by atoms with Gasteiger partial charge in [0.1, 0.15) is 12.5 Å². The Morgan fingerprint density at radius 3 is 3.00 bits per heavy atom. The van der Waals surface area contributed by atoms with Crippen LogP contribution >= 0.6 is 0 Å². The van der Waals surface area contributed by atoms with E-state index in [4.69, 9.17) is 5.73 Å². The summed E-state index contributed by atoms with van der Waals surface area (Å²) in [5.41, 5.74) is 7.42. The molecule has 0 aliphatic heterocycles. The Balaban J connectivity index is 2.29. The van der Waals surface area contributed by atoms with E-state index in [1.807, 2.05) is 6.07 Å². The molecular formula is C10H11FN4. The second-order valence-corrected chi connectivity index (χ2v) is 3.15. The molecule has 0 spiro atoms. The number of nitrogens with zero attached hydrogens (tertiary/aromatic N) is 3. The van der Waals surface area contributed by atoms with Gasteiger partial charge >= 0.3 is 0 Å². The number of nitrogens with two attached hydrogens (primary N) is 1. The van der Waals surface area contributed by atoms with Crippen LogP contribution < -0.4 is 5.73 Å². The maximum absolute atomic E-state index is 12.1. The van der Waals surface area contributed by atoms with Gasteiger partial charge in [-0.15, -0.1) is 0 Å². The molecule has 2 aromatic heterocycles. The van der Waals surface area contributed by atoms with Crippen molar-refractivity contribution < 1.29 is 4.39 Å². The SMILES string of the molecule is Nc1cc(-c2cnn(CCF)c2)ccn1. The molecule has 0 aliphatic rings. The molecule has 4 nitrogen and oxygen atoms in total. The van der Waals surface area contributed by atoms with Gasteiger partial charge in [-0.3, -0.25) is 4.68 Å². The number of aromatic nitrogens is 3. The lowest BCUT2D eigenvalue weighted by atomic mass is 10.1. The van der Waals surface area contributed by atoms with Crippen molar-refractivity contribution in [1.82, 2.24) is 14.8 Å². The molecule has 0 atom stereocenters. The average Bonchev–Trinajstić information content (AvgIpc) is 2.67. The Labute approximate surface area is 86.6 Å². The molecule has 2 rings (SSSR count). The Hall–Kier alpha value is -1.91. The number of rotatable bonds is 3. The van der Waals surface area contributed by atoms with Crippen LogP contribution in [0.25, 0.3) is 11.1 Å². The molecule has 0 aliphatic carbocycles. The van der Waals surface area contributed by atoms with E-state index in [9.17, 15) is 4.39 Å². The summed E-state index contributed by atoms with van der Waals surface area (Å²) in [7, 11) is 0. The quantitative estimate of drug-likeness (QED) is 0.827. The van der Waals surface area contributed by atoms with Gasteiger partial charge in [-0.25, -0.2) is 9.37 Å². The number of alkyl halides is 1. The molecule has 0 saturated heterocycles. The first-order chi connectivity index (χ1) is 7.29. The normalized spacial score (nSPS) is 10.5. The molecular weight excluding hydrogens is 195 g/mol. The van der Waals surface area contributed by atoms with E-state index in [0.29, 0.717) is 5.82 Å². The van der Waals surface area contributed by atoms with Crippen LogP contribution in [0, 0.1) is 0 Å². The first-order valence-corrected chi connectivity index (χ1v) is 4.60. The largest absolute Gasteiger partial charge is 0.384 e. The van der Waals surface area contributed by atoms with Gasteiger partial charge in [-0.2, -0.15) is 5.10 Å². The number of aryl methyl sites for hydroxylation is 1. The number of pyridine rings is 1. The van der Waals surface area contributed by atoms with Crippen LogP contribution in [0.3, 0.4) is 0 Å². The van der Waals surface area contributed by atoms with Crippen molar-refractivity contribution in [1.29, 1.82) is 0 Å². The van der Waals surface area contributed by atoms with Crippen LogP contribution in [0.2, 0.25) is 0 Å². The monoisotopic (exact) mass is 206 g/mol. The second-order valence-electron chi connectivity index (χ2n) is 3.15. The lowest BCUT2D eigenvalue weighted by Crippen LogP contribution is -1.98. The predicted octanol–water partition coefficient (Wildman–Crippen LogP) is 1.50. The zero-order chi connectivity index (χ0) is 10.7. The zero-order valence-corrected chi connectivity index (χ0v) is 8.10. The van der Waals surface area contributed by atoms with Gasteiger partial charge < -0.3 is 5.73 Å². The van der Waals surface area contributed by atoms with Gasteiger partial charge in [0.25, 0.3) is 0 Å². The number of hydrogen-bond acceptors (Lipinski definition) is 3. The van der Waals surface area contributed by atoms with Crippen molar-refractivity contribution in [3.8, 4) is 11.1 Å². The molecule has 0 fully saturated rings. The van der Waals surface area contributed by atoms with Gasteiger partial charge in [0, 0.05) is 18.0 Å². The summed E-state index contributed by atoms with van der Waals surface area (Å²) in [5, 5.41) is 4.03. The third-order valence-electron chi connectivity index (χ3n) is 2.06. The van der Waals surface area contributed by atoms with Gasteiger partial charge in [0.15, 0.2) is 0 Å². The fraction of sp³-hybridized carbons (Fsp3) is 0.200. The summed E-state index contributed by atoms with van der Waals surface area (Å²) in [6.45, 7) is -0.139. The van der Waals surface area contributed by atoms with Crippen LogP contribution in [-0.2, 0) is 6.54 Å². The van der Waals surface area contributed by atoms with Gasteiger partial charge in [0.2, 0.25) is 0 Å². The summed E-state index contributed by atoms with van der Waals surface area (Å²) < 4.78 is 13.6. The summed E-state index contributed by atoms with van der Waals surface area (Å²) in [5.74, 6) is 0.464. The van der Waals surface area contributed by atoms with Crippen molar-refractivity contribution in [2.75, 3.05) is 12.4 Å². The minimum Gasteiger partial charge on any atom is -0.384 e. The maximum atomic E-state index is 12.1. The minimum absolute atomic E-state index is 0.278. The van der Waals surface area contributed by atoms with Gasteiger partial charge in [-0.1, -0.05) is 0 Å². The number of nitrogen functional groups attached to an aromatic ring is 1. The molecule has 5 heteroatoms. The standard InChI is InChI=1S/C10H11FN4/c11-2-4-15-7-9(6-14-15)8-1-3-13-10(12)5-8/h1,3,5-7H,2,4H2,(H2,12,13). The highest BCUT2D eigenvalue weighted by molar-refractivity contribution is 5.64. The van der Waals surface area contributed by atoms with E-state index in [0.717, 1.165) is 11.1 Å². The highest BCUT2D eigenvalue weighted by Gasteiger charge is 2.02. The molecule has 0 saturated carbocycles. The minimum atomic E-state index is -0.417. The first-order valence-electron chi connectivity index (χ1n) is 4.60. The topological polar surface area (TPSA) is 56.7 Å². The van der Waals surface area contributed by atoms with Gasteiger partial charge in [-0.05, 0) is 17.7 Å². The number of halogens is 1. The average molecular weight is 206 g/mol. The molecule has 2 aromatic rings. The van der Waals surface area contributed by atoms with E-state index < -0.39 is 6.67 Å². The molecule has 2 heterocycles. The fourth-order valence-corrected chi connectivity index (χ4v) is 1.35. The molecule has 0 bridgehead atoms. The summed E-state index contributed by atoms with van der Waals surface area (Å²) in [6, 6.07) is 3.60. The van der Waals surface area contributed by atoms with E-state index in [2.05, 4.69) is 10.1 Å². The van der Waals surface area contributed by atoms with Crippen molar-refractivity contribution >= 4 is 5.82 Å². The van der Waals surface area contributed by atoms with E-state index >= 15 is 0 Å². The molecule has 0 aromatic carbocycles. The Kier molecular flexibility index (Phi) is 2.62. The summed E-state index contributed by atoms with van der Waals surface area (Å²) >= 11 is 0. The van der Waals surface area contributed by atoms with Crippen molar-refractivity contribution in [2.24, 2.45) is 0 Å².